The van der Waals surface area contributed by atoms with E-state index in [2.05, 4.69) is 48.9 Å². The highest BCUT2D eigenvalue weighted by atomic mass is 15.2. The second kappa shape index (κ2) is 6.71. The Hall–Kier alpha value is -1.35. The second-order valence-corrected chi connectivity index (χ2v) is 5.10. The fourth-order valence-electron chi connectivity index (χ4n) is 2.75. The highest BCUT2D eigenvalue weighted by Gasteiger charge is 2.20. The largest absolute Gasteiger partial charge is 0.341 e. The lowest BCUT2D eigenvalue weighted by Crippen LogP contribution is -2.30. The Morgan fingerprint density at radius 3 is 2.37 bits per heavy atom. The molecule has 1 heterocycles. The maximum absolute atomic E-state index is 4.77. The number of benzene rings is 1. The van der Waals surface area contributed by atoms with Gasteiger partial charge in [-0.15, -0.1) is 0 Å². The number of aromatic amines is 1. The van der Waals surface area contributed by atoms with Gasteiger partial charge in [0, 0.05) is 0 Å². The lowest BCUT2D eigenvalue weighted by Gasteiger charge is -2.29. The maximum Gasteiger partial charge on any atom is 0.124 e. The van der Waals surface area contributed by atoms with Crippen LogP contribution in [-0.4, -0.2) is 28.0 Å². The fraction of sp³-hybridized carbons (Fsp3) is 0.562. The minimum atomic E-state index is 0.410. The molecule has 0 saturated heterocycles. The number of nitrogens with one attached hydrogen (secondary N) is 1. The van der Waals surface area contributed by atoms with Gasteiger partial charge in [0.25, 0.3) is 0 Å². The molecule has 2 rings (SSSR count). The molecule has 0 radical (unpaired) electrons. The molecule has 1 aromatic carbocycles. The molecular weight excluding hydrogens is 234 g/mol. The normalized spacial score (nSPS) is 13.3. The Labute approximate surface area is 116 Å². The van der Waals surface area contributed by atoms with Crippen LogP contribution < -0.4 is 0 Å². The van der Waals surface area contributed by atoms with Crippen molar-refractivity contribution >= 4 is 11.0 Å². The van der Waals surface area contributed by atoms with Gasteiger partial charge in [-0.25, -0.2) is 4.98 Å². The van der Waals surface area contributed by atoms with E-state index in [1.165, 1.54) is 12.8 Å². The van der Waals surface area contributed by atoms with E-state index >= 15 is 0 Å². The summed E-state index contributed by atoms with van der Waals surface area (Å²) in [6.07, 6.45) is 3.48. The minimum absolute atomic E-state index is 0.410. The monoisotopic (exact) mass is 259 g/mol. The van der Waals surface area contributed by atoms with Gasteiger partial charge in [0.1, 0.15) is 5.82 Å². The van der Waals surface area contributed by atoms with Crippen LogP contribution in [0.4, 0.5) is 0 Å². The first-order valence-corrected chi connectivity index (χ1v) is 7.48. The number of para-hydroxylation sites is 2. The van der Waals surface area contributed by atoms with Gasteiger partial charge in [0.05, 0.1) is 17.1 Å². The summed E-state index contributed by atoms with van der Waals surface area (Å²) in [5.41, 5.74) is 2.22. The zero-order valence-electron chi connectivity index (χ0n) is 12.3. The van der Waals surface area contributed by atoms with Crippen molar-refractivity contribution in [3.05, 3.63) is 30.1 Å². The van der Waals surface area contributed by atoms with Crippen LogP contribution in [0.1, 0.15) is 51.9 Å². The molecule has 1 unspecified atom stereocenters. The molecule has 2 aromatic rings. The highest BCUT2D eigenvalue weighted by Crippen LogP contribution is 2.24. The van der Waals surface area contributed by atoms with Gasteiger partial charge in [-0.05, 0) is 44.5 Å². The first-order valence-electron chi connectivity index (χ1n) is 7.48. The van der Waals surface area contributed by atoms with E-state index in [0.29, 0.717) is 6.04 Å². The van der Waals surface area contributed by atoms with Crippen LogP contribution in [0.25, 0.3) is 11.0 Å². The smallest absolute Gasteiger partial charge is 0.124 e. The van der Waals surface area contributed by atoms with Crippen molar-refractivity contribution in [2.24, 2.45) is 0 Å². The number of imidazole rings is 1. The molecule has 1 aromatic heterocycles. The lowest BCUT2D eigenvalue weighted by molar-refractivity contribution is 0.186. The summed E-state index contributed by atoms with van der Waals surface area (Å²) in [6, 6.07) is 8.69. The quantitative estimate of drug-likeness (QED) is 0.810. The van der Waals surface area contributed by atoms with Crippen molar-refractivity contribution in [1.29, 1.82) is 0 Å². The molecule has 0 aliphatic heterocycles. The van der Waals surface area contributed by atoms with Crippen molar-refractivity contribution in [2.45, 2.75) is 46.1 Å². The van der Waals surface area contributed by atoms with Gasteiger partial charge in [-0.3, -0.25) is 4.90 Å². The van der Waals surface area contributed by atoms with Crippen LogP contribution in [0, 0.1) is 0 Å². The molecular formula is C16H25N3. The van der Waals surface area contributed by atoms with Gasteiger partial charge in [-0.2, -0.15) is 0 Å². The molecule has 3 heteroatoms. The van der Waals surface area contributed by atoms with E-state index in [1.807, 2.05) is 6.07 Å². The van der Waals surface area contributed by atoms with Crippen LogP contribution in [0.5, 0.6) is 0 Å². The van der Waals surface area contributed by atoms with Crippen molar-refractivity contribution in [3.8, 4) is 0 Å². The third-order valence-electron chi connectivity index (χ3n) is 3.57. The van der Waals surface area contributed by atoms with E-state index in [9.17, 15) is 0 Å². The number of aromatic nitrogens is 2. The molecule has 1 atom stereocenters. The van der Waals surface area contributed by atoms with E-state index in [0.717, 1.165) is 36.4 Å². The standard InChI is InChI=1S/C16H25N3/c1-4-11-19(12-5-2)15(6-3)16-17-13-9-7-8-10-14(13)18-16/h7-10,15H,4-6,11-12H2,1-3H3,(H,17,18). The Balaban J connectivity index is 2.28. The van der Waals surface area contributed by atoms with Crippen molar-refractivity contribution in [2.75, 3.05) is 13.1 Å². The molecule has 0 aliphatic rings. The molecule has 0 spiro atoms. The topological polar surface area (TPSA) is 31.9 Å². The number of hydrogen-bond acceptors (Lipinski definition) is 2. The number of hydrogen-bond donors (Lipinski definition) is 1. The first kappa shape index (κ1) is 14.1. The predicted molar refractivity (Wildman–Crippen MR) is 81.3 cm³/mol. The van der Waals surface area contributed by atoms with Crippen LogP contribution >= 0.6 is 0 Å². The van der Waals surface area contributed by atoms with Crippen LogP contribution in [0.2, 0.25) is 0 Å². The Bertz CT molecular complexity index is 464. The molecule has 0 aliphatic carbocycles. The van der Waals surface area contributed by atoms with Gasteiger partial charge >= 0.3 is 0 Å². The summed E-state index contributed by atoms with van der Waals surface area (Å²) in [7, 11) is 0. The lowest BCUT2D eigenvalue weighted by atomic mass is 10.1. The van der Waals surface area contributed by atoms with Gasteiger partial charge in [0.15, 0.2) is 0 Å². The zero-order chi connectivity index (χ0) is 13.7. The van der Waals surface area contributed by atoms with E-state index < -0.39 is 0 Å². The van der Waals surface area contributed by atoms with E-state index in [4.69, 9.17) is 4.98 Å². The van der Waals surface area contributed by atoms with Crippen molar-refractivity contribution in [3.63, 3.8) is 0 Å². The second-order valence-electron chi connectivity index (χ2n) is 5.10. The molecule has 1 N–H and O–H groups in total. The summed E-state index contributed by atoms with van der Waals surface area (Å²) in [5, 5.41) is 0. The molecule has 0 saturated carbocycles. The average Bonchev–Trinajstić information content (AvgIpc) is 2.83. The van der Waals surface area contributed by atoms with Crippen LogP contribution in [0.3, 0.4) is 0 Å². The van der Waals surface area contributed by atoms with Gasteiger partial charge in [0.2, 0.25) is 0 Å². The molecule has 0 fully saturated rings. The van der Waals surface area contributed by atoms with Crippen LogP contribution in [-0.2, 0) is 0 Å². The Morgan fingerprint density at radius 2 is 1.79 bits per heavy atom. The number of H-pyrrole nitrogens is 1. The van der Waals surface area contributed by atoms with Crippen molar-refractivity contribution in [1.82, 2.24) is 14.9 Å². The third-order valence-corrected chi connectivity index (χ3v) is 3.57. The highest BCUT2D eigenvalue weighted by molar-refractivity contribution is 5.74. The summed E-state index contributed by atoms with van der Waals surface area (Å²) in [4.78, 5) is 10.8. The summed E-state index contributed by atoms with van der Waals surface area (Å²) >= 11 is 0. The average molecular weight is 259 g/mol. The number of nitrogens with zero attached hydrogens (tertiary/aromatic N) is 2. The third kappa shape index (κ3) is 3.16. The number of fused-ring (bicyclic) bond motifs is 1. The predicted octanol–water partition coefficient (Wildman–Crippen LogP) is 4.14. The molecule has 0 bridgehead atoms. The van der Waals surface area contributed by atoms with Gasteiger partial charge in [-0.1, -0.05) is 32.9 Å². The number of rotatable bonds is 7. The molecule has 3 nitrogen and oxygen atoms in total. The Kier molecular flexibility index (Phi) is 4.97. The first-order chi connectivity index (χ1) is 9.30. The van der Waals surface area contributed by atoms with Gasteiger partial charge < -0.3 is 4.98 Å². The Morgan fingerprint density at radius 1 is 1.11 bits per heavy atom. The van der Waals surface area contributed by atoms with Crippen molar-refractivity contribution < 1.29 is 0 Å². The van der Waals surface area contributed by atoms with E-state index in [-0.39, 0.29) is 0 Å². The summed E-state index contributed by atoms with van der Waals surface area (Å²) in [6.45, 7) is 9.02. The SMILES string of the molecule is CCCN(CCC)C(CC)c1nc2ccccc2[nH]1. The van der Waals surface area contributed by atoms with E-state index in [1.54, 1.807) is 0 Å². The molecule has 19 heavy (non-hydrogen) atoms. The zero-order valence-corrected chi connectivity index (χ0v) is 12.3. The summed E-state index contributed by atoms with van der Waals surface area (Å²) in [5.74, 6) is 1.12. The van der Waals surface area contributed by atoms with Crippen LogP contribution in [0.15, 0.2) is 24.3 Å². The molecule has 104 valence electrons. The minimum Gasteiger partial charge on any atom is -0.341 e. The fourth-order valence-corrected chi connectivity index (χ4v) is 2.75. The maximum atomic E-state index is 4.77. The molecule has 0 amide bonds. The summed E-state index contributed by atoms with van der Waals surface area (Å²) < 4.78 is 0.